The molecule has 0 aliphatic heterocycles. The lowest BCUT2D eigenvalue weighted by atomic mass is 10.1. The van der Waals surface area contributed by atoms with Gasteiger partial charge in [-0.3, -0.25) is 0 Å². The van der Waals surface area contributed by atoms with Gasteiger partial charge in [0.2, 0.25) is 0 Å². The lowest BCUT2D eigenvalue weighted by Crippen LogP contribution is -2.26. The molecular weight excluding hydrogens is 226 g/mol. The van der Waals surface area contributed by atoms with Crippen LogP contribution in [0.15, 0.2) is 24.3 Å². The molecule has 3 nitrogen and oxygen atoms in total. The molecule has 0 bridgehead atoms. The zero-order valence-corrected chi connectivity index (χ0v) is 11.2. The molecule has 0 unspecified atom stereocenters. The first-order valence-electron chi connectivity index (χ1n) is 6.86. The Morgan fingerprint density at radius 1 is 1.22 bits per heavy atom. The fourth-order valence-electron chi connectivity index (χ4n) is 2.45. The van der Waals surface area contributed by atoms with Gasteiger partial charge in [-0.2, -0.15) is 0 Å². The molecule has 0 radical (unpaired) electrons. The molecule has 18 heavy (non-hydrogen) atoms. The Hall–Kier alpha value is -1.22. The van der Waals surface area contributed by atoms with E-state index in [0.29, 0.717) is 6.61 Å². The third kappa shape index (κ3) is 4.22. The van der Waals surface area contributed by atoms with Gasteiger partial charge in [-0.15, -0.1) is 0 Å². The normalized spacial score (nSPS) is 15.8. The molecule has 0 amide bonds. The summed E-state index contributed by atoms with van der Waals surface area (Å²) in [4.78, 5) is 0. The van der Waals surface area contributed by atoms with Crippen LogP contribution in [-0.2, 0) is 0 Å². The topological polar surface area (TPSA) is 30.5 Å². The van der Waals surface area contributed by atoms with Crippen LogP contribution in [0.3, 0.4) is 0 Å². The Labute approximate surface area is 109 Å². The van der Waals surface area contributed by atoms with E-state index in [1.54, 1.807) is 7.11 Å². The lowest BCUT2D eigenvalue weighted by molar-refractivity contribution is 0.306. The molecule has 1 saturated carbocycles. The van der Waals surface area contributed by atoms with Gasteiger partial charge in [-0.1, -0.05) is 18.9 Å². The molecule has 0 aromatic heterocycles. The average molecular weight is 249 g/mol. The summed E-state index contributed by atoms with van der Waals surface area (Å²) >= 11 is 0. The maximum absolute atomic E-state index is 5.67. The number of rotatable bonds is 7. The largest absolute Gasteiger partial charge is 0.497 e. The summed E-state index contributed by atoms with van der Waals surface area (Å²) in [5.41, 5.74) is 0. The molecule has 1 aliphatic rings. The predicted molar refractivity (Wildman–Crippen MR) is 73.3 cm³/mol. The van der Waals surface area contributed by atoms with Crippen LogP contribution in [0.1, 0.15) is 25.7 Å². The zero-order valence-electron chi connectivity index (χ0n) is 11.2. The van der Waals surface area contributed by atoms with E-state index in [9.17, 15) is 0 Å². The minimum Gasteiger partial charge on any atom is -0.497 e. The van der Waals surface area contributed by atoms with E-state index < -0.39 is 0 Å². The van der Waals surface area contributed by atoms with Crippen molar-refractivity contribution in [3.05, 3.63) is 24.3 Å². The van der Waals surface area contributed by atoms with Crippen molar-refractivity contribution >= 4 is 0 Å². The van der Waals surface area contributed by atoms with E-state index in [0.717, 1.165) is 30.5 Å². The maximum Gasteiger partial charge on any atom is 0.123 e. The monoisotopic (exact) mass is 249 g/mol. The summed E-state index contributed by atoms with van der Waals surface area (Å²) < 4.78 is 10.8. The molecule has 0 atom stereocenters. The number of ether oxygens (including phenoxy) is 2. The van der Waals surface area contributed by atoms with Crippen LogP contribution in [-0.4, -0.2) is 26.8 Å². The minimum atomic E-state index is 0.708. The van der Waals surface area contributed by atoms with Gasteiger partial charge in [0.15, 0.2) is 0 Å². The third-order valence-electron chi connectivity index (χ3n) is 3.50. The Morgan fingerprint density at radius 3 is 2.78 bits per heavy atom. The van der Waals surface area contributed by atoms with Crippen molar-refractivity contribution in [2.24, 2.45) is 5.92 Å². The number of hydrogen-bond acceptors (Lipinski definition) is 3. The molecule has 3 heteroatoms. The number of methoxy groups -OCH3 is 1. The van der Waals surface area contributed by atoms with Crippen LogP contribution in [0, 0.1) is 5.92 Å². The van der Waals surface area contributed by atoms with Crippen LogP contribution >= 0.6 is 0 Å². The van der Waals surface area contributed by atoms with E-state index in [-0.39, 0.29) is 0 Å². The molecule has 0 heterocycles. The predicted octanol–water partition coefficient (Wildman–Crippen LogP) is 2.85. The van der Waals surface area contributed by atoms with Gasteiger partial charge in [0.25, 0.3) is 0 Å². The van der Waals surface area contributed by atoms with Crippen molar-refractivity contribution in [3.63, 3.8) is 0 Å². The second kappa shape index (κ2) is 7.27. The fourth-order valence-corrected chi connectivity index (χ4v) is 2.45. The molecule has 1 aliphatic carbocycles. The molecule has 1 N–H and O–H groups in total. The van der Waals surface area contributed by atoms with Crippen molar-refractivity contribution in [2.45, 2.75) is 25.7 Å². The van der Waals surface area contributed by atoms with Crippen LogP contribution < -0.4 is 14.8 Å². The smallest absolute Gasteiger partial charge is 0.123 e. The average Bonchev–Trinajstić information content (AvgIpc) is 2.92. The van der Waals surface area contributed by atoms with Crippen molar-refractivity contribution in [1.29, 1.82) is 0 Å². The van der Waals surface area contributed by atoms with Crippen LogP contribution in [0.5, 0.6) is 11.5 Å². The van der Waals surface area contributed by atoms with Crippen molar-refractivity contribution < 1.29 is 9.47 Å². The maximum atomic E-state index is 5.67. The molecule has 1 aromatic carbocycles. The molecular formula is C15H23NO2. The molecule has 0 saturated heterocycles. The van der Waals surface area contributed by atoms with Crippen molar-refractivity contribution in [3.8, 4) is 11.5 Å². The van der Waals surface area contributed by atoms with E-state index in [2.05, 4.69) is 5.32 Å². The Bertz CT molecular complexity index is 348. The highest BCUT2D eigenvalue weighted by Crippen LogP contribution is 2.23. The van der Waals surface area contributed by atoms with E-state index in [4.69, 9.17) is 9.47 Å². The van der Waals surface area contributed by atoms with Gasteiger partial charge in [0.05, 0.1) is 7.11 Å². The summed E-state index contributed by atoms with van der Waals surface area (Å²) in [7, 11) is 1.67. The van der Waals surface area contributed by atoms with E-state index in [1.807, 2.05) is 24.3 Å². The summed E-state index contributed by atoms with van der Waals surface area (Å²) in [6.45, 7) is 2.76. The van der Waals surface area contributed by atoms with E-state index in [1.165, 1.54) is 25.7 Å². The summed E-state index contributed by atoms with van der Waals surface area (Å²) in [6, 6.07) is 7.74. The van der Waals surface area contributed by atoms with Crippen molar-refractivity contribution in [1.82, 2.24) is 5.32 Å². The number of hydrogen-bond donors (Lipinski definition) is 1. The van der Waals surface area contributed by atoms with Gasteiger partial charge in [0, 0.05) is 12.6 Å². The van der Waals surface area contributed by atoms with Crippen LogP contribution in [0.25, 0.3) is 0 Å². The highest BCUT2D eigenvalue weighted by atomic mass is 16.5. The van der Waals surface area contributed by atoms with Gasteiger partial charge in [0.1, 0.15) is 18.1 Å². The molecule has 2 rings (SSSR count). The number of nitrogens with one attached hydrogen (secondary N) is 1. The van der Waals surface area contributed by atoms with E-state index >= 15 is 0 Å². The first-order valence-corrected chi connectivity index (χ1v) is 6.86. The Balaban J connectivity index is 1.59. The molecule has 1 aromatic rings. The summed E-state index contributed by atoms with van der Waals surface area (Å²) in [5, 5.41) is 3.47. The SMILES string of the molecule is COc1cccc(OCCNCC2CCCC2)c1. The highest BCUT2D eigenvalue weighted by molar-refractivity contribution is 5.32. The molecule has 100 valence electrons. The Morgan fingerprint density at radius 2 is 2.00 bits per heavy atom. The summed E-state index contributed by atoms with van der Waals surface area (Å²) in [5.74, 6) is 2.60. The van der Waals surface area contributed by atoms with Crippen molar-refractivity contribution in [2.75, 3.05) is 26.8 Å². The minimum absolute atomic E-state index is 0.708. The van der Waals surface area contributed by atoms with Gasteiger partial charge >= 0.3 is 0 Å². The molecule has 0 spiro atoms. The van der Waals surface area contributed by atoms with Gasteiger partial charge in [-0.25, -0.2) is 0 Å². The Kier molecular flexibility index (Phi) is 5.34. The molecule has 1 fully saturated rings. The second-order valence-electron chi connectivity index (χ2n) is 4.88. The standard InChI is InChI=1S/C15H23NO2/c1-17-14-7-4-8-15(11-14)18-10-9-16-12-13-5-2-3-6-13/h4,7-8,11,13,16H,2-3,5-6,9-10,12H2,1H3. The first kappa shape index (κ1) is 13.2. The van der Waals surface area contributed by atoms with Crippen LogP contribution in [0.4, 0.5) is 0 Å². The lowest BCUT2D eigenvalue weighted by Gasteiger charge is -2.11. The fraction of sp³-hybridized carbons (Fsp3) is 0.600. The summed E-state index contributed by atoms with van der Waals surface area (Å²) in [6.07, 6.45) is 5.60. The third-order valence-corrected chi connectivity index (χ3v) is 3.50. The first-order chi connectivity index (χ1) is 8.88. The number of benzene rings is 1. The quantitative estimate of drug-likeness (QED) is 0.754. The highest BCUT2D eigenvalue weighted by Gasteiger charge is 2.13. The van der Waals surface area contributed by atoms with Crippen LogP contribution in [0.2, 0.25) is 0 Å². The van der Waals surface area contributed by atoms with Gasteiger partial charge in [-0.05, 0) is 37.4 Å². The van der Waals surface area contributed by atoms with Gasteiger partial charge < -0.3 is 14.8 Å². The zero-order chi connectivity index (χ0) is 12.6. The second-order valence-corrected chi connectivity index (χ2v) is 4.88.